The SMILES string of the molecule is CC(C)(C)OC(=O)Nc1nc2ccc(C(=O)O)cc2o1. The fourth-order valence-electron chi connectivity index (χ4n) is 1.50. The molecule has 1 heterocycles. The molecule has 0 fully saturated rings. The molecule has 0 aliphatic carbocycles. The van der Waals surface area contributed by atoms with Crippen LogP contribution in [0.15, 0.2) is 22.6 Å². The number of benzene rings is 1. The molecule has 106 valence electrons. The van der Waals surface area contributed by atoms with E-state index in [-0.39, 0.29) is 17.2 Å². The number of nitrogens with one attached hydrogen (secondary N) is 1. The molecule has 0 unspecified atom stereocenters. The van der Waals surface area contributed by atoms with Crippen LogP contribution < -0.4 is 5.32 Å². The number of aromatic nitrogens is 1. The minimum Gasteiger partial charge on any atom is -0.478 e. The van der Waals surface area contributed by atoms with Crippen LogP contribution in [0, 0.1) is 0 Å². The lowest BCUT2D eigenvalue weighted by Crippen LogP contribution is -2.27. The van der Waals surface area contributed by atoms with Crippen LogP contribution in [0.4, 0.5) is 10.8 Å². The zero-order chi connectivity index (χ0) is 14.9. The van der Waals surface area contributed by atoms with Crippen LogP contribution >= 0.6 is 0 Å². The number of aromatic carboxylic acids is 1. The number of hydrogen-bond donors (Lipinski definition) is 2. The highest BCUT2D eigenvalue weighted by Gasteiger charge is 2.18. The van der Waals surface area contributed by atoms with Crippen molar-refractivity contribution in [3.8, 4) is 0 Å². The monoisotopic (exact) mass is 278 g/mol. The van der Waals surface area contributed by atoms with E-state index in [0.717, 1.165) is 0 Å². The van der Waals surface area contributed by atoms with Crippen molar-refractivity contribution in [3.63, 3.8) is 0 Å². The second-order valence-corrected chi connectivity index (χ2v) is 5.13. The van der Waals surface area contributed by atoms with Gasteiger partial charge in [0, 0.05) is 0 Å². The van der Waals surface area contributed by atoms with Gasteiger partial charge < -0.3 is 14.3 Å². The summed E-state index contributed by atoms with van der Waals surface area (Å²) in [5.74, 6) is -1.06. The first kappa shape index (κ1) is 13.9. The minimum absolute atomic E-state index is 0.0446. The highest BCUT2D eigenvalue weighted by Crippen LogP contribution is 2.21. The average molecular weight is 278 g/mol. The summed E-state index contributed by atoms with van der Waals surface area (Å²) in [6, 6.07) is 4.20. The normalized spacial score (nSPS) is 11.3. The van der Waals surface area contributed by atoms with E-state index < -0.39 is 17.7 Å². The maximum Gasteiger partial charge on any atom is 0.415 e. The maximum atomic E-state index is 11.6. The number of anilines is 1. The van der Waals surface area contributed by atoms with E-state index in [2.05, 4.69) is 10.3 Å². The van der Waals surface area contributed by atoms with E-state index in [9.17, 15) is 9.59 Å². The Hall–Kier alpha value is -2.57. The van der Waals surface area contributed by atoms with E-state index in [4.69, 9.17) is 14.3 Å². The van der Waals surface area contributed by atoms with Crippen molar-refractivity contribution in [1.29, 1.82) is 0 Å². The highest BCUT2D eigenvalue weighted by atomic mass is 16.6. The number of carbonyl (C=O) groups excluding carboxylic acids is 1. The van der Waals surface area contributed by atoms with Gasteiger partial charge in [0.1, 0.15) is 11.1 Å². The first-order valence-corrected chi connectivity index (χ1v) is 5.88. The van der Waals surface area contributed by atoms with E-state index in [1.54, 1.807) is 20.8 Å². The van der Waals surface area contributed by atoms with Gasteiger partial charge in [-0.05, 0) is 39.0 Å². The molecule has 0 aliphatic rings. The highest BCUT2D eigenvalue weighted by molar-refractivity contribution is 5.92. The number of ether oxygens (including phenoxy) is 1. The van der Waals surface area contributed by atoms with Gasteiger partial charge in [0.25, 0.3) is 0 Å². The lowest BCUT2D eigenvalue weighted by molar-refractivity contribution is 0.0630. The van der Waals surface area contributed by atoms with E-state index in [1.165, 1.54) is 18.2 Å². The number of hydrogen-bond acceptors (Lipinski definition) is 5. The van der Waals surface area contributed by atoms with Gasteiger partial charge in [0.2, 0.25) is 0 Å². The van der Waals surface area contributed by atoms with Crippen molar-refractivity contribution in [2.75, 3.05) is 5.32 Å². The smallest absolute Gasteiger partial charge is 0.415 e. The average Bonchev–Trinajstić information content (AvgIpc) is 2.66. The van der Waals surface area contributed by atoms with Gasteiger partial charge in [-0.1, -0.05) is 0 Å². The van der Waals surface area contributed by atoms with Crippen LogP contribution in [-0.4, -0.2) is 27.8 Å². The Labute approximate surface area is 114 Å². The Morgan fingerprint density at radius 2 is 2.05 bits per heavy atom. The Bertz CT molecular complexity index is 669. The molecular weight excluding hydrogens is 264 g/mol. The first-order valence-electron chi connectivity index (χ1n) is 5.88. The number of carbonyl (C=O) groups is 2. The van der Waals surface area contributed by atoms with E-state index in [0.29, 0.717) is 5.52 Å². The molecule has 1 aromatic heterocycles. The zero-order valence-electron chi connectivity index (χ0n) is 11.3. The second-order valence-electron chi connectivity index (χ2n) is 5.13. The molecule has 0 bridgehead atoms. The van der Waals surface area contributed by atoms with Crippen molar-refractivity contribution in [1.82, 2.24) is 4.98 Å². The summed E-state index contributed by atoms with van der Waals surface area (Å²) in [5, 5.41) is 11.2. The van der Waals surface area contributed by atoms with Gasteiger partial charge >= 0.3 is 18.1 Å². The van der Waals surface area contributed by atoms with Crippen molar-refractivity contribution >= 4 is 29.2 Å². The van der Waals surface area contributed by atoms with Crippen molar-refractivity contribution in [3.05, 3.63) is 23.8 Å². The Morgan fingerprint density at radius 1 is 1.35 bits per heavy atom. The second kappa shape index (κ2) is 4.84. The van der Waals surface area contributed by atoms with Gasteiger partial charge in [-0.2, -0.15) is 4.98 Å². The summed E-state index contributed by atoms with van der Waals surface area (Å²) >= 11 is 0. The molecule has 0 radical (unpaired) electrons. The number of rotatable bonds is 2. The largest absolute Gasteiger partial charge is 0.478 e. The topological polar surface area (TPSA) is 102 Å². The molecule has 0 aliphatic heterocycles. The van der Waals surface area contributed by atoms with Crippen molar-refractivity contribution in [2.45, 2.75) is 26.4 Å². The van der Waals surface area contributed by atoms with Crippen LogP contribution in [0.2, 0.25) is 0 Å². The molecule has 20 heavy (non-hydrogen) atoms. The van der Waals surface area contributed by atoms with Gasteiger partial charge in [-0.25, -0.2) is 14.9 Å². The van der Waals surface area contributed by atoms with E-state index >= 15 is 0 Å². The predicted octanol–water partition coefficient (Wildman–Crippen LogP) is 2.87. The number of amides is 1. The first-order chi connectivity index (χ1) is 9.24. The maximum absolute atomic E-state index is 11.6. The van der Waals surface area contributed by atoms with Crippen LogP contribution in [0.5, 0.6) is 0 Å². The number of nitrogens with zero attached hydrogens (tertiary/aromatic N) is 1. The summed E-state index contributed by atoms with van der Waals surface area (Å²) in [6.45, 7) is 5.20. The molecule has 1 amide bonds. The third-order valence-corrected chi connectivity index (χ3v) is 2.24. The number of oxazole rings is 1. The molecule has 2 N–H and O–H groups in total. The molecular formula is C13H14N2O5. The van der Waals surface area contributed by atoms with Crippen molar-refractivity contribution < 1.29 is 23.8 Å². The van der Waals surface area contributed by atoms with Gasteiger partial charge in [-0.15, -0.1) is 0 Å². The summed E-state index contributed by atoms with van der Waals surface area (Å²) in [4.78, 5) is 26.4. The van der Waals surface area contributed by atoms with Crippen LogP contribution in [0.3, 0.4) is 0 Å². The number of fused-ring (bicyclic) bond motifs is 1. The third-order valence-electron chi connectivity index (χ3n) is 2.24. The lowest BCUT2D eigenvalue weighted by atomic mass is 10.2. The molecule has 0 saturated carbocycles. The Balaban J connectivity index is 2.20. The van der Waals surface area contributed by atoms with Crippen LogP contribution in [-0.2, 0) is 4.74 Å². The minimum atomic E-state index is -1.06. The fourth-order valence-corrected chi connectivity index (χ4v) is 1.50. The molecule has 0 saturated heterocycles. The molecule has 7 heteroatoms. The van der Waals surface area contributed by atoms with Gasteiger partial charge in [-0.3, -0.25) is 0 Å². The predicted molar refractivity (Wildman–Crippen MR) is 70.8 cm³/mol. The van der Waals surface area contributed by atoms with Gasteiger partial charge in [0.05, 0.1) is 5.56 Å². The van der Waals surface area contributed by atoms with Crippen molar-refractivity contribution in [2.24, 2.45) is 0 Å². The number of carboxylic acid groups (broad SMARTS) is 1. The zero-order valence-corrected chi connectivity index (χ0v) is 11.3. The standard InChI is InChI=1S/C13H14N2O5/c1-13(2,3)20-12(18)15-11-14-8-5-4-7(10(16)17)6-9(8)19-11/h4-6H,1-3H3,(H,16,17)(H,14,15,18). The molecule has 0 atom stereocenters. The Morgan fingerprint density at radius 3 is 2.65 bits per heavy atom. The van der Waals surface area contributed by atoms with Gasteiger partial charge in [0.15, 0.2) is 5.58 Å². The van der Waals surface area contributed by atoms with Crippen LogP contribution in [0.1, 0.15) is 31.1 Å². The molecule has 2 rings (SSSR count). The Kier molecular flexibility index (Phi) is 3.35. The summed E-state index contributed by atoms with van der Waals surface area (Å²) in [7, 11) is 0. The summed E-state index contributed by atoms with van der Waals surface area (Å²) in [6.07, 6.45) is -0.692. The number of carboxylic acids is 1. The quantitative estimate of drug-likeness (QED) is 0.875. The third kappa shape index (κ3) is 3.25. The summed E-state index contributed by atoms with van der Waals surface area (Å²) in [5.41, 5.74) is 0.168. The molecule has 2 aromatic rings. The van der Waals surface area contributed by atoms with Crippen LogP contribution in [0.25, 0.3) is 11.1 Å². The summed E-state index contributed by atoms with van der Waals surface area (Å²) < 4.78 is 10.3. The molecule has 7 nitrogen and oxygen atoms in total. The lowest BCUT2D eigenvalue weighted by Gasteiger charge is -2.18. The molecule has 0 spiro atoms. The fraction of sp³-hybridized carbons (Fsp3) is 0.308. The van der Waals surface area contributed by atoms with E-state index in [1.807, 2.05) is 0 Å². The molecule has 1 aromatic carbocycles.